The molecule has 14 heteroatoms. The molecule has 14 nitrogen and oxygen atoms in total. The molecule has 4 heterocycles. The summed E-state index contributed by atoms with van der Waals surface area (Å²) in [5.41, 5.74) is 2.48. The lowest BCUT2D eigenvalue weighted by atomic mass is 10.1. The summed E-state index contributed by atoms with van der Waals surface area (Å²) in [6, 6.07) is -0.923. The van der Waals surface area contributed by atoms with Gasteiger partial charge in [0, 0.05) is 31.8 Å². The average Bonchev–Trinajstić information content (AvgIpc) is 3.57. The van der Waals surface area contributed by atoms with E-state index in [0.717, 1.165) is 0 Å². The number of aliphatic hydroxyl groups excluding tert-OH is 2. The molecule has 0 bridgehead atoms. The number of unbranched alkanes of at least 4 members (excludes halogenated alkanes) is 1. The molecule has 0 radical (unpaired) electrons. The number of rotatable bonds is 12. The molecular weight excluding hydrogens is 498 g/mol. The number of carbonyl (C=O) groups excluding carboxylic acids is 2. The van der Waals surface area contributed by atoms with Crippen molar-refractivity contribution in [3.63, 3.8) is 0 Å². The van der Waals surface area contributed by atoms with Crippen LogP contribution in [0.5, 0.6) is 0 Å². The Bertz CT molecular complexity index is 1370. The second-order valence-corrected chi connectivity index (χ2v) is 9.18. The Labute approximate surface area is 217 Å². The maximum absolute atomic E-state index is 12.0. The number of aliphatic carboxylic acids is 1. The van der Waals surface area contributed by atoms with E-state index >= 15 is 0 Å². The van der Waals surface area contributed by atoms with Gasteiger partial charge in [-0.05, 0) is 26.2 Å². The average molecular weight is 530 g/mol. The third-order valence-electron chi connectivity index (χ3n) is 6.55. The molecule has 1 fully saturated rings. The number of hydrogen-bond acceptors (Lipinski definition) is 10. The lowest BCUT2D eigenvalue weighted by Gasteiger charge is -2.13. The molecular formula is C24H31N7O7. The van der Waals surface area contributed by atoms with Gasteiger partial charge in [-0.1, -0.05) is 0 Å². The molecule has 1 saturated heterocycles. The van der Waals surface area contributed by atoms with E-state index in [-0.39, 0.29) is 24.5 Å². The van der Waals surface area contributed by atoms with E-state index in [0.29, 0.717) is 60.3 Å². The number of aliphatic hydroxyl groups is 2. The van der Waals surface area contributed by atoms with Gasteiger partial charge in [-0.25, -0.2) is 19.7 Å². The summed E-state index contributed by atoms with van der Waals surface area (Å²) < 4.78 is 9.07. The molecule has 3 aromatic heterocycles. The highest BCUT2D eigenvalue weighted by atomic mass is 16.5. The first kappa shape index (κ1) is 27.2. The minimum Gasteiger partial charge on any atom is -0.480 e. The van der Waals surface area contributed by atoms with Gasteiger partial charge >= 0.3 is 5.97 Å². The van der Waals surface area contributed by atoms with E-state index in [1.807, 2.05) is 0 Å². The summed E-state index contributed by atoms with van der Waals surface area (Å²) in [5.74, 6) is -1.20. The lowest BCUT2D eigenvalue weighted by Crippen LogP contribution is -2.33. The SMILES string of the molecule is CC(=O)NCCCC[C@H](N/C=C(\C=O)c1nc2c3ncn([C@H]4C[C@H](O)[C@@H](CO)O4)c3ncn2c1C)C(=O)O. The number of fused-ring (bicyclic) bond motifs is 3. The standard InChI is InChI=1S/C24H31N7O7/c1-13-20(15(9-32)8-26-16(24(36)37)5-3-4-6-25-14(2)34)29-23-21-22(28-12-30(13)23)31(11-27-21)19-7-17(35)18(10-33)38-19/h8-9,11-12,16-19,26,33,35H,3-7,10H2,1-2H3,(H,25,34)(H,36,37)/b15-8+/t16-,17-,18+,19+/m0/s1. The van der Waals surface area contributed by atoms with Gasteiger partial charge in [0.25, 0.3) is 0 Å². The molecule has 4 atom stereocenters. The Balaban J connectivity index is 1.56. The number of carboxylic acids is 1. The number of allylic oxidation sites excluding steroid dienone is 1. The number of amides is 1. The summed E-state index contributed by atoms with van der Waals surface area (Å²) in [6.45, 7) is 3.34. The quantitative estimate of drug-likeness (QED) is 0.120. The maximum Gasteiger partial charge on any atom is 0.326 e. The van der Waals surface area contributed by atoms with Crippen LogP contribution in [0.4, 0.5) is 0 Å². The third-order valence-corrected chi connectivity index (χ3v) is 6.55. The van der Waals surface area contributed by atoms with Gasteiger partial charge in [0.1, 0.15) is 24.7 Å². The molecule has 1 aliphatic heterocycles. The smallest absolute Gasteiger partial charge is 0.326 e. The van der Waals surface area contributed by atoms with E-state index in [1.165, 1.54) is 19.5 Å². The molecule has 0 unspecified atom stereocenters. The van der Waals surface area contributed by atoms with Crippen LogP contribution >= 0.6 is 0 Å². The van der Waals surface area contributed by atoms with Crippen LogP contribution in [0.25, 0.3) is 22.4 Å². The van der Waals surface area contributed by atoms with Crippen LogP contribution in [0, 0.1) is 6.92 Å². The largest absolute Gasteiger partial charge is 0.480 e. The fourth-order valence-electron chi connectivity index (χ4n) is 4.47. The zero-order valence-corrected chi connectivity index (χ0v) is 21.1. The summed E-state index contributed by atoms with van der Waals surface area (Å²) in [7, 11) is 0. The highest BCUT2D eigenvalue weighted by Crippen LogP contribution is 2.31. The number of nitrogens with zero attached hydrogens (tertiary/aromatic N) is 5. The summed E-state index contributed by atoms with van der Waals surface area (Å²) in [4.78, 5) is 48.2. The van der Waals surface area contributed by atoms with Gasteiger partial charge in [-0.2, -0.15) is 0 Å². The van der Waals surface area contributed by atoms with Crippen molar-refractivity contribution in [3.05, 3.63) is 30.2 Å². The number of imidazole rings is 2. The van der Waals surface area contributed by atoms with Gasteiger partial charge in [-0.3, -0.25) is 18.6 Å². The van der Waals surface area contributed by atoms with Crippen molar-refractivity contribution in [3.8, 4) is 0 Å². The third kappa shape index (κ3) is 5.51. The predicted octanol–water partition coefficient (Wildman–Crippen LogP) is -0.0829. The number of aromatic nitrogens is 5. The molecule has 0 spiro atoms. The Kier molecular flexibility index (Phi) is 8.34. The number of carbonyl (C=O) groups is 3. The first-order valence-corrected chi connectivity index (χ1v) is 12.3. The molecule has 5 N–H and O–H groups in total. The fraction of sp³-hybridized carbons (Fsp3) is 0.500. The van der Waals surface area contributed by atoms with Gasteiger partial charge in [0.2, 0.25) is 5.91 Å². The van der Waals surface area contributed by atoms with Crippen molar-refractivity contribution in [2.75, 3.05) is 13.2 Å². The number of aryl methyl sites for hydroxylation is 1. The van der Waals surface area contributed by atoms with Crippen molar-refractivity contribution >= 4 is 40.5 Å². The van der Waals surface area contributed by atoms with Crippen LogP contribution < -0.4 is 10.6 Å². The van der Waals surface area contributed by atoms with Crippen molar-refractivity contribution in [2.45, 2.75) is 64.0 Å². The fourth-order valence-corrected chi connectivity index (χ4v) is 4.47. The lowest BCUT2D eigenvalue weighted by molar-refractivity contribution is -0.139. The van der Waals surface area contributed by atoms with Crippen LogP contribution in [-0.2, 0) is 19.1 Å². The minimum absolute atomic E-state index is 0.139. The molecule has 204 valence electrons. The van der Waals surface area contributed by atoms with E-state index in [2.05, 4.69) is 25.6 Å². The Morgan fingerprint density at radius 1 is 1.26 bits per heavy atom. The number of ether oxygens (including phenoxy) is 1. The molecule has 4 rings (SSSR count). The van der Waals surface area contributed by atoms with Gasteiger partial charge in [0.05, 0.1) is 30.3 Å². The molecule has 1 aliphatic rings. The van der Waals surface area contributed by atoms with Crippen molar-refractivity contribution < 1.29 is 34.4 Å². The molecule has 0 saturated carbocycles. The normalized spacial score (nSPS) is 20.6. The van der Waals surface area contributed by atoms with Crippen molar-refractivity contribution in [1.29, 1.82) is 0 Å². The Hall–Kier alpha value is -3.88. The van der Waals surface area contributed by atoms with Crippen LogP contribution in [0.15, 0.2) is 18.9 Å². The zero-order chi connectivity index (χ0) is 27.4. The van der Waals surface area contributed by atoms with E-state index in [4.69, 9.17) is 4.74 Å². The number of aldehydes is 1. The number of nitrogens with one attached hydrogen (secondary N) is 2. The molecule has 3 aromatic rings. The topological polar surface area (TPSA) is 193 Å². The highest BCUT2D eigenvalue weighted by molar-refractivity contribution is 6.07. The van der Waals surface area contributed by atoms with Crippen molar-refractivity contribution in [1.82, 2.24) is 34.6 Å². The van der Waals surface area contributed by atoms with Gasteiger partial charge < -0.3 is 30.7 Å². The van der Waals surface area contributed by atoms with Gasteiger partial charge in [0.15, 0.2) is 23.1 Å². The molecule has 1 amide bonds. The first-order chi connectivity index (χ1) is 18.2. The highest BCUT2D eigenvalue weighted by Gasteiger charge is 2.35. The molecule has 0 aliphatic carbocycles. The predicted molar refractivity (Wildman–Crippen MR) is 134 cm³/mol. The first-order valence-electron chi connectivity index (χ1n) is 12.3. The van der Waals surface area contributed by atoms with Crippen LogP contribution in [0.2, 0.25) is 0 Å². The van der Waals surface area contributed by atoms with Crippen LogP contribution in [0.3, 0.4) is 0 Å². The van der Waals surface area contributed by atoms with Gasteiger partial charge in [-0.15, -0.1) is 0 Å². The number of hydrogen-bond donors (Lipinski definition) is 5. The Morgan fingerprint density at radius 2 is 2.05 bits per heavy atom. The van der Waals surface area contributed by atoms with E-state index in [1.54, 1.807) is 22.2 Å². The summed E-state index contributed by atoms with van der Waals surface area (Å²) >= 11 is 0. The minimum atomic E-state index is -1.06. The summed E-state index contributed by atoms with van der Waals surface area (Å²) in [6.07, 6.45) is 4.72. The maximum atomic E-state index is 12.0. The van der Waals surface area contributed by atoms with Crippen LogP contribution in [0.1, 0.15) is 50.2 Å². The zero-order valence-electron chi connectivity index (χ0n) is 21.1. The van der Waals surface area contributed by atoms with E-state index in [9.17, 15) is 29.7 Å². The summed E-state index contributed by atoms with van der Waals surface area (Å²) in [5, 5.41) is 34.5. The van der Waals surface area contributed by atoms with Crippen LogP contribution in [-0.4, -0.2) is 88.8 Å². The number of carboxylic acid groups (broad SMARTS) is 1. The second kappa shape index (κ2) is 11.7. The Morgan fingerprint density at radius 3 is 2.71 bits per heavy atom. The van der Waals surface area contributed by atoms with Crippen molar-refractivity contribution in [2.24, 2.45) is 0 Å². The monoisotopic (exact) mass is 529 g/mol. The molecule has 0 aromatic carbocycles. The van der Waals surface area contributed by atoms with E-state index < -0.39 is 30.4 Å². The molecule has 38 heavy (non-hydrogen) atoms. The second-order valence-electron chi connectivity index (χ2n) is 9.18.